The number of rotatable bonds is 7. The van der Waals surface area contributed by atoms with Crippen LogP contribution in [0.25, 0.3) is 11.0 Å². The molecule has 8 heteroatoms. The zero-order valence-electron chi connectivity index (χ0n) is 15.9. The molecule has 7 nitrogen and oxygen atoms in total. The molecule has 0 amide bonds. The van der Waals surface area contributed by atoms with E-state index in [1.165, 1.54) is 30.0 Å². The van der Waals surface area contributed by atoms with Crippen molar-refractivity contribution >= 4 is 34.4 Å². The van der Waals surface area contributed by atoms with Crippen LogP contribution in [0, 0.1) is 10.1 Å². The predicted molar refractivity (Wildman–Crippen MR) is 110 cm³/mol. The van der Waals surface area contributed by atoms with Gasteiger partial charge in [-0.25, -0.2) is 4.79 Å². The van der Waals surface area contributed by atoms with E-state index in [9.17, 15) is 19.7 Å². The van der Waals surface area contributed by atoms with E-state index in [1.807, 2.05) is 25.1 Å². The van der Waals surface area contributed by atoms with Crippen LogP contribution in [0.15, 0.2) is 62.6 Å². The van der Waals surface area contributed by atoms with Crippen molar-refractivity contribution in [2.24, 2.45) is 0 Å². The molecule has 0 aliphatic carbocycles. The Labute approximate surface area is 170 Å². The molecular weight excluding hydrogens is 394 g/mol. The van der Waals surface area contributed by atoms with E-state index >= 15 is 0 Å². The third-order valence-electron chi connectivity index (χ3n) is 4.37. The molecule has 0 aliphatic rings. The summed E-state index contributed by atoms with van der Waals surface area (Å²) in [5, 5.41) is 10.9. The Morgan fingerprint density at radius 3 is 2.59 bits per heavy atom. The van der Waals surface area contributed by atoms with Crippen LogP contribution in [0.1, 0.15) is 25.0 Å². The van der Waals surface area contributed by atoms with Crippen molar-refractivity contribution < 1.29 is 18.9 Å². The van der Waals surface area contributed by atoms with Gasteiger partial charge in [0.25, 0.3) is 5.69 Å². The van der Waals surface area contributed by atoms with Gasteiger partial charge in [-0.05, 0) is 37.1 Å². The van der Waals surface area contributed by atoms with Crippen LogP contribution in [-0.4, -0.2) is 16.1 Å². The van der Waals surface area contributed by atoms with Gasteiger partial charge in [0.05, 0.1) is 4.92 Å². The van der Waals surface area contributed by atoms with Gasteiger partial charge < -0.3 is 9.15 Å². The molecule has 0 saturated carbocycles. The van der Waals surface area contributed by atoms with E-state index in [0.717, 1.165) is 22.3 Å². The molecule has 0 fully saturated rings. The Bertz CT molecular complexity index is 1110. The fourth-order valence-electron chi connectivity index (χ4n) is 2.78. The number of thioether (sulfide) groups is 1. The van der Waals surface area contributed by atoms with Crippen molar-refractivity contribution in [3.8, 4) is 0 Å². The second-order valence-corrected chi connectivity index (χ2v) is 7.81. The highest BCUT2D eigenvalue weighted by atomic mass is 32.2. The highest BCUT2D eigenvalue weighted by Gasteiger charge is 2.18. The van der Waals surface area contributed by atoms with Crippen LogP contribution < -0.4 is 5.63 Å². The maximum atomic E-state index is 12.4. The van der Waals surface area contributed by atoms with Crippen molar-refractivity contribution in [3.63, 3.8) is 0 Å². The molecule has 29 heavy (non-hydrogen) atoms. The number of hydrogen-bond donors (Lipinski definition) is 0. The quantitative estimate of drug-likeness (QED) is 0.185. The fourth-order valence-corrected chi connectivity index (χ4v) is 3.64. The molecule has 150 valence electrons. The van der Waals surface area contributed by atoms with E-state index in [1.54, 1.807) is 19.1 Å². The van der Waals surface area contributed by atoms with Crippen molar-refractivity contribution in [1.29, 1.82) is 0 Å². The highest BCUT2D eigenvalue weighted by molar-refractivity contribution is 8.00. The third kappa shape index (κ3) is 5.03. The Hall–Kier alpha value is -3.13. The van der Waals surface area contributed by atoms with Crippen molar-refractivity contribution in [3.05, 3.63) is 80.2 Å². The molecule has 0 saturated heterocycles. The summed E-state index contributed by atoms with van der Waals surface area (Å²) in [5.74, 6) is -0.445. The normalized spacial score (nSPS) is 11.9. The average molecular weight is 413 g/mol. The van der Waals surface area contributed by atoms with Gasteiger partial charge >= 0.3 is 11.6 Å². The summed E-state index contributed by atoms with van der Waals surface area (Å²) in [7, 11) is 0. The first-order valence-electron chi connectivity index (χ1n) is 9.00. The van der Waals surface area contributed by atoms with Crippen LogP contribution >= 0.6 is 11.8 Å². The Kier molecular flexibility index (Phi) is 6.33. The summed E-state index contributed by atoms with van der Waals surface area (Å²) in [6, 6.07) is 12.9. The van der Waals surface area contributed by atoms with Gasteiger partial charge in [-0.15, -0.1) is 11.8 Å². The lowest BCUT2D eigenvalue weighted by Crippen LogP contribution is -2.17. The molecule has 0 radical (unpaired) electrons. The first-order chi connectivity index (χ1) is 13.9. The summed E-state index contributed by atoms with van der Waals surface area (Å²) < 4.78 is 10.7. The van der Waals surface area contributed by atoms with Gasteiger partial charge in [0, 0.05) is 34.0 Å². The smallest absolute Gasteiger partial charge is 0.336 e. The molecule has 3 aromatic rings. The molecule has 0 spiro atoms. The van der Waals surface area contributed by atoms with E-state index in [4.69, 9.17) is 9.15 Å². The number of hydrogen-bond acceptors (Lipinski definition) is 7. The van der Waals surface area contributed by atoms with Gasteiger partial charge in [-0.2, -0.15) is 0 Å². The minimum absolute atomic E-state index is 0.00871. The molecular formula is C21H19NO6S. The van der Waals surface area contributed by atoms with Crippen LogP contribution in [-0.2, 0) is 22.6 Å². The van der Waals surface area contributed by atoms with E-state index in [-0.39, 0.29) is 12.3 Å². The van der Waals surface area contributed by atoms with Crippen LogP contribution in [0.4, 0.5) is 5.69 Å². The number of ether oxygens (including phenoxy) is 1. The molecule has 2 aromatic carbocycles. The number of nitro benzene ring substituents is 1. The van der Waals surface area contributed by atoms with Gasteiger partial charge in [-0.1, -0.05) is 19.1 Å². The highest BCUT2D eigenvalue weighted by Crippen LogP contribution is 2.26. The van der Waals surface area contributed by atoms with Crippen molar-refractivity contribution in [2.45, 2.75) is 37.0 Å². The number of benzene rings is 2. The number of aryl methyl sites for hydroxylation is 1. The topological polar surface area (TPSA) is 99.6 Å². The standard InChI is InChI=1S/C21H19NO6S/c1-3-14-4-9-18-15(11-20(23)28-19(18)10-14)12-27-21(24)13(2)29-17-7-5-16(6-8-17)22(25)26/h4-11,13H,3,12H2,1-2H3/t13-/m1/s1. The number of carbonyl (C=O) groups is 1. The maximum Gasteiger partial charge on any atom is 0.336 e. The third-order valence-corrected chi connectivity index (χ3v) is 5.46. The largest absolute Gasteiger partial charge is 0.460 e. The van der Waals surface area contributed by atoms with Crippen molar-refractivity contribution in [2.75, 3.05) is 0 Å². The van der Waals surface area contributed by atoms with Gasteiger partial charge in [-0.3, -0.25) is 14.9 Å². The fraction of sp³-hybridized carbons (Fsp3) is 0.238. The van der Waals surface area contributed by atoms with E-state index in [2.05, 4.69) is 0 Å². The van der Waals surface area contributed by atoms with Crippen molar-refractivity contribution in [1.82, 2.24) is 0 Å². The Morgan fingerprint density at radius 2 is 1.93 bits per heavy atom. The summed E-state index contributed by atoms with van der Waals surface area (Å²) in [6.07, 6.45) is 0.816. The first kappa shape index (κ1) is 20.6. The molecule has 1 aromatic heterocycles. The molecule has 1 heterocycles. The Morgan fingerprint density at radius 1 is 1.21 bits per heavy atom. The molecule has 0 aliphatic heterocycles. The lowest BCUT2D eigenvalue weighted by atomic mass is 10.1. The molecule has 0 bridgehead atoms. The minimum atomic E-state index is -0.519. The van der Waals surface area contributed by atoms with Crippen LogP contribution in [0.3, 0.4) is 0 Å². The van der Waals surface area contributed by atoms with Crippen LogP contribution in [0.5, 0.6) is 0 Å². The Balaban J connectivity index is 1.68. The maximum absolute atomic E-state index is 12.4. The van der Waals surface area contributed by atoms with Gasteiger partial charge in [0.1, 0.15) is 17.4 Å². The van der Waals surface area contributed by atoms with E-state index < -0.39 is 21.8 Å². The predicted octanol–water partition coefficient (Wildman–Crippen LogP) is 4.49. The second kappa shape index (κ2) is 8.91. The molecule has 3 rings (SSSR count). The number of nitro groups is 1. The number of nitrogens with zero attached hydrogens (tertiary/aromatic N) is 1. The number of carbonyl (C=O) groups excluding carboxylic acids is 1. The lowest BCUT2D eigenvalue weighted by molar-refractivity contribution is -0.384. The summed E-state index contributed by atoms with van der Waals surface area (Å²) >= 11 is 1.24. The lowest BCUT2D eigenvalue weighted by Gasteiger charge is -2.12. The molecule has 1 atom stereocenters. The summed E-state index contributed by atoms with van der Waals surface area (Å²) in [6.45, 7) is 3.66. The zero-order valence-corrected chi connectivity index (χ0v) is 16.7. The van der Waals surface area contributed by atoms with Gasteiger partial charge in [0.15, 0.2) is 0 Å². The SMILES string of the molecule is CCc1ccc2c(COC(=O)[C@@H](C)Sc3ccc([N+](=O)[O-])cc3)cc(=O)oc2c1. The summed E-state index contributed by atoms with van der Waals surface area (Å²) in [4.78, 5) is 35.2. The molecule has 0 N–H and O–H groups in total. The van der Waals surface area contributed by atoms with E-state index in [0.29, 0.717) is 11.1 Å². The number of non-ortho nitro benzene ring substituents is 1. The van der Waals surface area contributed by atoms with Crippen LogP contribution in [0.2, 0.25) is 0 Å². The minimum Gasteiger partial charge on any atom is -0.460 e. The van der Waals surface area contributed by atoms with Gasteiger partial charge in [0.2, 0.25) is 0 Å². The molecule has 0 unspecified atom stereocenters. The number of esters is 1. The zero-order chi connectivity index (χ0) is 21.0. The average Bonchev–Trinajstić information content (AvgIpc) is 2.71. The summed E-state index contributed by atoms with van der Waals surface area (Å²) in [5.41, 5.74) is 1.59. The number of fused-ring (bicyclic) bond motifs is 1. The first-order valence-corrected chi connectivity index (χ1v) is 9.88. The second-order valence-electron chi connectivity index (χ2n) is 6.39. The monoisotopic (exact) mass is 413 g/mol.